The third-order valence-corrected chi connectivity index (χ3v) is 5.90. The second-order valence-electron chi connectivity index (χ2n) is 8.61. The lowest BCUT2D eigenvalue weighted by atomic mass is 9.86. The van der Waals surface area contributed by atoms with E-state index in [2.05, 4.69) is 16.0 Å². The third kappa shape index (κ3) is 3.54. The molecule has 33 heavy (non-hydrogen) atoms. The van der Waals surface area contributed by atoms with E-state index < -0.39 is 5.41 Å². The summed E-state index contributed by atoms with van der Waals surface area (Å²) in [6.45, 7) is 5.68. The second-order valence-corrected chi connectivity index (χ2v) is 8.61. The molecule has 0 aliphatic heterocycles. The summed E-state index contributed by atoms with van der Waals surface area (Å²) in [5.74, 6) is 0. The SMILES string of the molecule is Cc1ccc(-c2ccc3ncc4ccc(=O)n(-c5ccc(C(C)(C)C#N)cc5)c4c3n2)cn1. The van der Waals surface area contributed by atoms with Gasteiger partial charge in [-0.1, -0.05) is 12.1 Å². The highest BCUT2D eigenvalue weighted by Gasteiger charge is 2.20. The van der Waals surface area contributed by atoms with Crippen LogP contribution >= 0.6 is 0 Å². The summed E-state index contributed by atoms with van der Waals surface area (Å²) >= 11 is 0. The topological polar surface area (TPSA) is 84.5 Å². The summed E-state index contributed by atoms with van der Waals surface area (Å²) in [6, 6.07) is 20.9. The van der Waals surface area contributed by atoms with Gasteiger partial charge < -0.3 is 0 Å². The minimum atomic E-state index is -0.614. The van der Waals surface area contributed by atoms with Crippen LogP contribution in [-0.2, 0) is 5.41 Å². The van der Waals surface area contributed by atoms with E-state index >= 15 is 0 Å². The Kier molecular flexibility index (Phi) is 4.75. The van der Waals surface area contributed by atoms with Crippen molar-refractivity contribution in [3.63, 3.8) is 0 Å². The van der Waals surface area contributed by atoms with E-state index in [4.69, 9.17) is 4.98 Å². The fourth-order valence-electron chi connectivity index (χ4n) is 3.90. The van der Waals surface area contributed by atoms with Crippen LogP contribution in [0.3, 0.4) is 0 Å². The number of hydrogen-bond acceptors (Lipinski definition) is 5. The van der Waals surface area contributed by atoms with Gasteiger partial charge in [-0.15, -0.1) is 0 Å². The molecule has 0 aliphatic carbocycles. The van der Waals surface area contributed by atoms with Gasteiger partial charge in [0.2, 0.25) is 0 Å². The summed E-state index contributed by atoms with van der Waals surface area (Å²) in [5.41, 5.74) is 5.46. The van der Waals surface area contributed by atoms with Gasteiger partial charge in [0.25, 0.3) is 5.56 Å². The van der Waals surface area contributed by atoms with Crippen LogP contribution in [0.15, 0.2) is 77.9 Å². The Balaban J connectivity index is 1.77. The van der Waals surface area contributed by atoms with E-state index in [1.54, 1.807) is 23.0 Å². The first-order valence-electron chi connectivity index (χ1n) is 10.6. The molecule has 0 radical (unpaired) electrons. The molecule has 0 saturated heterocycles. The van der Waals surface area contributed by atoms with Crippen molar-refractivity contribution in [2.24, 2.45) is 0 Å². The molecule has 0 saturated carbocycles. The van der Waals surface area contributed by atoms with Crippen molar-refractivity contribution in [2.45, 2.75) is 26.2 Å². The second kappa shape index (κ2) is 7.64. The number of fused-ring (bicyclic) bond motifs is 3. The van der Waals surface area contributed by atoms with Crippen molar-refractivity contribution >= 4 is 21.9 Å². The van der Waals surface area contributed by atoms with Gasteiger partial charge >= 0.3 is 0 Å². The normalized spacial score (nSPS) is 11.6. The number of hydrogen-bond donors (Lipinski definition) is 0. The Morgan fingerprint density at radius 1 is 0.909 bits per heavy atom. The smallest absolute Gasteiger partial charge is 0.255 e. The molecule has 160 valence electrons. The molecular weight excluding hydrogens is 410 g/mol. The van der Waals surface area contributed by atoms with Gasteiger partial charge in [0.15, 0.2) is 0 Å². The standard InChI is InChI=1S/C27H21N5O/c1-17-4-5-18(14-29-17)22-11-12-23-25(31-22)26-19(15-30-23)6-13-24(33)32(26)21-9-7-20(8-10-21)27(2,3)16-28/h4-15H,1-3H3. The van der Waals surface area contributed by atoms with Crippen LogP contribution in [0, 0.1) is 18.3 Å². The molecule has 0 amide bonds. The lowest BCUT2D eigenvalue weighted by Crippen LogP contribution is -2.19. The van der Waals surface area contributed by atoms with Gasteiger partial charge in [-0.25, -0.2) is 4.98 Å². The molecule has 0 atom stereocenters. The predicted octanol–water partition coefficient (Wildman–Crippen LogP) is 5.11. The maximum atomic E-state index is 13.1. The van der Waals surface area contributed by atoms with Gasteiger partial charge in [-0.3, -0.25) is 19.3 Å². The van der Waals surface area contributed by atoms with Crippen LogP contribution in [0.4, 0.5) is 0 Å². The highest BCUT2D eigenvalue weighted by Crippen LogP contribution is 2.28. The Hall–Kier alpha value is -4.37. The van der Waals surface area contributed by atoms with Crippen molar-refractivity contribution in [3.8, 4) is 23.0 Å². The van der Waals surface area contributed by atoms with Crippen molar-refractivity contribution in [3.05, 3.63) is 94.7 Å². The quantitative estimate of drug-likeness (QED) is 0.371. The zero-order valence-electron chi connectivity index (χ0n) is 18.6. The molecule has 0 fully saturated rings. The van der Waals surface area contributed by atoms with Crippen LogP contribution in [0.1, 0.15) is 25.1 Å². The Labute approximate surface area is 190 Å². The highest BCUT2D eigenvalue weighted by atomic mass is 16.1. The van der Waals surface area contributed by atoms with Crippen LogP contribution in [0.25, 0.3) is 38.9 Å². The monoisotopic (exact) mass is 431 g/mol. The average Bonchev–Trinajstić information content (AvgIpc) is 2.84. The molecule has 6 heteroatoms. The number of pyridine rings is 4. The van der Waals surface area contributed by atoms with E-state index in [9.17, 15) is 10.1 Å². The number of aryl methyl sites for hydroxylation is 1. The molecule has 1 aromatic carbocycles. The Bertz CT molecular complexity index is 1610. The third-order valence-electron chi connectivity index (χ3n) is 5.90. The van der Waals surface area contributed by atoms with E-state index in [1.807, 2.05) is 69.3 Å². The highest BCUT2D eigenvalue weighted by molar-refractivity contribution is 6.02. The molecule has 5 aromatic rings. The predicted molar refractivity (Wildman–Crippen MR) is 129 cm³/mol. The zero-order chi connectivity index (χ0) is 23.2. The van der Waals surface area contributed by atoms with Crippen molar-refractivity contribution in [1.29, 1.82) is 5.26 Å². The van der Waals surface area contributed by atoms with Crippen LogP contribution < -0.4 is 5.56 Å². The number of nitrogens with zero attached hydrogens (tertiary/aromatic N) is 5. The van der Waals surface area contributed by atoms with E-state index in [1.165, 1.54) is 6.07 Å². The van der Waals surface area contributed by atoms with Crippen LogP contribution in [0.2, 0.25) is 0 Å². The summed E-state index contributed by atoms with van der Waals surface area (Å²) < 4.78 is 1.66. The maximum Gasteiger partial charge on any atom is 0.255 e. The van der Waals surface area contributed by atoms with Gasteiger partial charge in [0, 0.05) is 40.8 Å². The largest absolute Gasteiger partial charge is 0.275 e. The molecular formula is C27H21N5O. The van der Waals surface area contributed by atoms with Crippen LogP contribution in [0.5, 0.6) is 0 Å². The fraction of sp³-hybridized carbons (Fsp3) is 0.148. The minimum absolute atomic E-state index is 0.161. The van der Waals surface area contributed by atoms with Crippen LogP contribution in [-0.4, -0.2) is 19.5 Å². The summed E-state index contributed by atoms with van der Waals surface area (Å²) in [5, 5.41) is 10.3. The molecule has 0 aliphatic rings. The summed E-state index contributed by atoms with van der Waals surface area (Å²) in [7, 11) is 0. The molecule has 0 N–H and O–H groups in total. The van der Waals surface area contributed by atoms with Gasteiger partial charge in [-0.05, 0) is 68.8 Å². The molecule has 4 heterocycles. The first kappa shape index (κ1) is 20.5. The number of benzene rings is 1. The molecule has 5 rings (SSSR count). The molecule has 0 unspecified atom stereocenters. The Morgan fingerprint density at radius 2 is 1.70 bits per heavy atom. The van der Waals surface area contributed by atoms with E-state index in [0.717, 1.165) is 27.9 Å². The number of rotatable bonds is 3. The first-order chi connectivity index (χ1) is 15.9. The zero-order valence-corrected chi connectivity index (χ0v) is 18.6. The van der Waals surface area contributed by atoms with Gasteiger partial charge in [0.05, 0.1) is 28.2 Å². The lowest BCUT2D eigenvalue weighted by molar-refractivity contribution is 0.686. The van der Waals surface area contributed by atoms with Crippen molar-refractivity contribution in [2.75, 3.05) is 0 Å². The Morgan fingerprint density at radius 3 is 2.39 bits per heavy atom. The molecule has 4 aromatic heterocycles. The minimum Gasteiger partial charge on any atom is -0.275 e. The van der Waals surface area contributed by atoms with Gasteiger partial charge in [-0.2, -0.15) is 5.26 Å². The summed E-state index contributed by atoms with van der Waals surface area (Å²) in [4.78, 5) is 26.9. The van der Waals surface area contributed by atoms with Gasteiger partial charge in [0.1, 0.15) is 5.52 Å². The number of aromatic nitrogens is 4. The number of nitriles is 1. The molecule has 0 spiro atoms. The van der Waals surface area contributed by atoms with E-state index in [0.29, 0.717) is 22.2 Å². The lowest BCUT2D eigenvalue weighted by Gasteiger charge is -2.17. The first-order valence-corrected chi connectivity index (χ1v) is 10.6. The van der Waals surface area contributed by atoms with Crippen molar-refractivity contribution < 1.29 is 0 Å². The molecule has 6 nitrogen and oxygen atoms in total. The van der Waals surface area contributed by atoms with Crippen molar-refractivity contribution in [1.82, 2.24) is 19.5 Å². The maximum absolute atomic E-state index is 13.1. The summed E-state index contributed by atoms with van der Waals surface area (Å²) in [6.07, 6.45) is 3.56. The average molecular weight is 431 g/mol. The fourth-order valence-corrected chi connectivity index (χ4v) is 3.90. The molecule has 0 bridgehead atoms. The van der Waals surface area contributed by atoms with E-state index in [-0.39, 0.29) is 5.56 Å².